The molecule has 0 radical (unpaired) electrons. The van der Waals surface area contributed by atoms with Crippen molar-refractivity contribution in [3.63, 3.8) is 0 Å². The summed E-state index contributed by atoms with van der Waals surface area (Å²) in [6, 6.07) is 26.7. The largest absolute Gasteiger partial charge is 0.385 e. The minimum absolute atomic E-state index is 0.300. The van der Waals surface area contributed by atoms with Crippen LogP contribution in [0.5, 0.6) is 0 Å². The van der Waals surface area contributed by atoms with E-state index in [2.05, 4.69) is 72.2 Å². The molecule has 0 bridgehead atoms. The second-order valence-corrected chi connectivity index (χ2v) is 8.08. The second kappa shape index (κ2) is 8.31. The molecule has 1 heterocycles. The third kappa shape index (κ3) is 3.44. The maximum Gasteiger partial charge on any atom is 0.258 e. The summed E-state index contributed by atoms with van der Waals surface area (Å²) in [6.45, 7) is 3.27. The lowest BCUT2D eigenvalue weighted by molar-refractivity contribution is 0.0879. The van der Waals surface area contributed by atoms with Crippen LogP contribution in [-0.2, 0) is 0 Å². The third-order valence-corrected chi connectivity index (χ3v) is 6.02. The zero-order chi connectivity index (χ0) is 22.1. The van der Waals surface area contributed by atoms with Crippen LogP contribution in [0.2, 0.25) is 0 Å². The summed E-state index contributed by atoms with van der Waals surface area (Å²) in [6.07, 6.45) is 2.43. The number of amides is 2. The highest BCUT2D eigenvalue weighted by Crippen LogP contribution is 2.37. The topological polar surface area (TPSA) is 58.2 Å². The first-order valence-corrected chi connectivity index (χ1v) is 11.0. The molecule has 5 aromatic rings. The lowest BCUT2D eigenvalue weighted by atomic mass is 9.93. The Kier molecular flexibility index (Phi) is 5.20. The number of benzene rings is 5. The molecular weight excluding hydrogens is 396 g/mol. The Morgan fingerprint density at radius 2 is 1.28 bits per heavy atom. The van der Waals surface area contributed by atoms with Gasteiger partial charge >= 0.3 is 0 Å². The first kappa shape index (κ1) is 20.0. The highest BCUT2D eigenvalue weighted by atomic mass is 16.2. The number of nitrogens with one attached hydrogen (secondary N) is 2. The molecule has 1 aliphatic heterocycles. The van der Waals surface area contributed by atoms with Gasteiger partial charge in [0.1, 0.15) is 0 Å². The fraction of sp³-hybridized carbons (Fsp3) is 0.143. The minimum atomic E-state index is -0.300. The Bertz CT molecular complexity index is 1410. The number of hydrogen-bond acceptors (Lipinski definition) is 3. The Morgan fingerprint density at radius 1 is 0.688 bits per heavy atom. The van der Waals surface area contributed by atoms with Crippen molar-refractivity contribution in [1.29, 1.82) is 0 Å². The molecule has 4 nitrogen and oxygen atoms in total. The molecule has 0 aliphatic carbocycles. The molecule has 1 aliphatic rings. The normalized spacial score (nSPS) is 12.7. The van der Waals surface area contributed by atoms with E-state index in [1.807, 2.05) is 0 Å². The van der Waals surface area contributed by atoms with Gasteiger partial charge in [0, 0.05) is 17.6 Å². The maximum atomic E-state index is 10.9. The predicted octanol–water partition coefficient (Wildman–Crippen LogP) is 6.37. The Balaban J connectivity index is 0.000000165. The van der Waals surface area contributed by atoms with Gasteiger partial charge in [-0.05, 0) is 51.6 Å². The second-order valence-electron chi connectivity index (χ2n) is 8.08. The summed E-state index contributed by atoms with van der Waals surface area (Å²) in [5.41, 5.74) is 2.20. The first-order chi connectivity index (χ1) is 15.7. The molecule has 0 unspecified atom stereocenters. The molecule has 0 fully saturated rings. The van der Waals surface area contributed by atoms with E-state index >= 15 is 0 Å². The van der Waals surface area contributed by atoms with Crippen molar-refractivity contribution in [3.8, 4) is 0 Å². The molecule has 4 heteroatoms. The quantitative estimate of drug-likeness (QED) is 0.202. The fourth-order valence-electron chi connectivity index (χ4n) is 4.41. The monoisotopic (exact) mass is 420 g/mol. The molecule has 2 amide bonds. The van der Waals surface area contributed by atoms with Crippen molar-refractivity contribution in [1.82, 2.24) is 5.32 Å². The Labute approximate surface area is 186 Å². The lowest BCUT2D eigenvalue weighted by Gasteiger charge is -2.14. The summed E-state index contributed by atoms with van der Waals surface area (Å²) < 4.78 is 0. The van der Waals surface area contributed by atoms with Crippen molar-refractivity contribution in [2.45, 2.75) is 19.8 Å². The van der Waals surface area contributed by atoms with Gasteiger partial charge in [-0.3, -0.25) is 14.9 Å². The van der Waals surface area contributed by atoms with Gasteiger partial charge in [0.25, 0.3) is 11.8 Å². The minimum Gasteiger partial charge on any atom is -0.385 e. The zero-order valence-electron chi connectivity index (χ0n) is 17.9. The standard InChI is InChI=1S/C20H19N.C8H5NO2/c1-2-3-13-21-18-12-10-16-8-7-14-5-4-6-15-9-11-17(18)20(16)19(14)15;10-7-5-3-1-2-4-6(5)8(11)9-7/h4-12,21H,2-3,13H2,1H3;1-4H,(H,9,10,11). The van der Waals surface area contributed by atoms with Crippen LogP contribution in [-0.4, -0.2) is 18.4 Å². The molecule has 0 atom stereocenters. The van der Waals surface area contributed by atoms with Crippen molar-refractivity contribution in [2.24, 2.45) is 0 Å². The van der Waals surface area contributed by atoms with E-state index < -0.39 is 0 Å². The molecule has 5 aromatic carbocycles. The molecule has 32 heavy (non-hydrogen) atoms. The average molecular weight is 421 g/mol. The number of carbonyl (C=O) groups is 2. The average Bonchev–Trinajstić information content (AvgIpc) is 3.12. The van der Waals surface area contributed by atoms with Crippen molar-refractivity contribution < 1.29 is 9.59 Å². The number of rotatable bonds is 4. The summed E-state index contributed by atoms with van der Waals surface area (Å²) in [4.78, 5) is 21.9. The van der Waals surface area contributed by atoms with Crippen LogP contribution in [0.1, 0.15) is 40.5 Å². The molecule has 0 spiro atoms. The van der Waals surface area contributed by atoms with E-state index in [0.29, 0.717) is 11.1 Å². The van der Waals surface area contributed by atoms with Crippen LogP contribution in [0.15, 0.2) is 78.9 Å². The lowest BCUT2D eigenvalue weighted by Crippen LogP contribution is -2.19. The molecule has 158 valence electrons. The molecule has 0 saturated heterocycles. The summed E-state index contributed by atoms with van der Waals surface area (Å²) in [5.74, 6) is -0.601. The molecule has 2 N–H and O–H groups in total. The first-order valence-electron chi connectivity index (χ1n) is 11.0. The van der Waals surface area contributed by atoms with E-state index in [4.69, 9.17) is 0 Å². The van der Waals surface area contributed by atoms with Crippen LogP contribution < -0.4 is 10.6 Å². The van der Waals surface area contributed by atoms with Crippen molar-refractivity contribution >= 4 is 49.8 Å². The SMILES string of the molecule is CCCCNc1ccc2ccc3cccc4ccc1c2c34.O=C1NC(=O)c2ccccc21. The zero-order valence-corrected chi connectivity index (χ0v) is 17.9. The van der Waals surface area contributed by atoms with Gasteiger partial charge in [-0.15, -0.1) is 0 Å². The van der Waals surface area contributed by atoms with Crippen molar-refractivity contribution in [3.05, 3.63) is 90.0 Å². The Morgan fingerprint density at radius 3 is 1.94 bits per heavy atom. The number of unbranched alkanes of at least 4 members (excludes halogenated alkanes) is 1. The van der Waals surface area contributed by atoms with E-state index in [0.717, 1.165) is 6.54 Å². The van der Waals surface area contributed by atoms with Crippen LogP contribution >= 0.6 is 0 Å². The maximum absolute atomic E-state index is 10.9. The van der Waals surface area contributed by atoms with Crippen molar-refractivity contribution in [2.75, 3.05) is 11.9 Å². The number of fused-ring (bicyclic) bond motifs is 1. The number of anilines is 1. The smallest absolute Gasteiger partial charge is 0.258 e. The van der Waals surface area contributed by atoms with Crippen LogP contribution in [0.25, 0.3) is 32.3 Å². The highest BCUT2D eigenvalue weighted by Gasteiger charge is 2.25. The third-order valence-electron chi connectivity index (χ3n) is 6.02. The van der Waals surface area contributed by atoms with E-state index in [-0.39, 0.29) is 11.8 Å². The van der Waals surface area contributed by atoms with Crippen LogP contribution in [0, 0.1) is 0 Å². The molecular formula is C28H24N2O2. The predicted molar refractivity (Wildman–Crippen MR) is 132 cm³/mol. The molecule has 0 saturated carbocycles. The van der Waals surface area contributed by atoms with E-state index in [1.165, 1.54) is 50.8 Å². The number of hydrogen-bond donors (Lipinski definition) is 2. The van der Waals surface area contributed by atoms with Gasteiger partial charge in [0.15, 0.2) is 0 Å². The Hall–Kier alpha value is -3.92. The van der Waals surface area contributed by atoms with Crippen LogP contribution in [0.3, 0.4) is 0 Å². The van der Waals surface area contributed by atoms with Gasteiger partial charge in [0.05, 0.1) is 11.1 Å². The molecule has 6 rings (SSSR count). The summed E-state index contributed by atoms with van der Waals surface area (Å²) >= 11 is 0. The van der Waals surface area contributed by atoms with Gasteiger partial charge in [-0.1, -0.05) is 74.0 Å². The van der Waals surface area contributed by atoms with Gasteiger partial charge in [-0.2, -0.15) is 0 Å². The van der Waals surface area contributed by atoms with Gasteiger partial charge in [0.2, 0.25) is 0 Å². The van der Waals surface area contributed by atoms with E-state index in [1.54, 1.807) is 24.3 Å². The van der Waals surface area contributed by atoms with Crippen LogP contribution in [0.4, 0.5) is 5.69 Å². The van der Waals surface area contributed by atoms with E-state index in [9.17, 15) is 9.59 Å². The number of imide groups is 1. The van der Waals surface area contributed by atoms with Gasteiger partial charge in [-0.25, -0.2) is 0 Å². The number of carbonyl (C=O) groups excluding carboxylic acids is 2. The fourth-order valence-corrected chi connectivity index (χ4v) is 4.41. The van der Waals surface area contributed by atoms with Gasteiger partial charge < -0.3 is 5.32 Å². The summed E-state index contributed by atoms with van der Waals surface area (Å²) in [7, 11) is 0. The molecule has 0 aromatic heterocycles. The summed E-state index contributed by atoms with van der Waals surface area (Å²) in [5, 5.41) is 13.9. The highest BCUT2D eigenvalue weighted by molar-refractivity contribution is 6.25.